The molecule has 0 aromatic carbocycles. The molecule has 2 aromatic rings. The lowest BCUT2D eigenvalue weighted by molar-refractivity contribution is 0.355. The molecule has 1 aliphatic rings. The number of fused-ring (bicyclic) bond motifs is 1. The Bertz CT molecular complexity index is 541. The first-order valence-corrected chi connectivity index (χ1v) is 6.63. The van der Waals surface area contributed by atoms with Crippen molar-refractivity contribution >= 4 is 22.6 Å². The summed E-state index contributed by atoms with van der Waals surface area (Å²) in [6, 6.07) is 2.69. The molecule has 17 heavy (non-hydrogen) atoms. The summed E-state index contributed by atoms with van der Waals surface area (Å²) in [7, 11) is 0. The van der Waals surface area contributed by atoms with E-state index in [2.05, 4.69) is 27.5 Å². The molecular formula is C13H16ClN3. The number of aromatic nitrogens is 3. The zero-order valence-electron chi connectivity index (χ0n) is 9.99. The smallest absolute Gasteiger partial charge is 0.145 e. The molecule has 2 aromatic heterocycles. The molecule has 1 saturated carbocycles. The van der Waals surface area contributed by atoms with E-state index in [9.17, 15) is 0 Å². The van der Waals surface area contributed by atoms with E-state index in [1.807, 2.05) is 0 Å². The van der Waals surface area contributed by atoms with Gasteiger partial charge in [-0.2, -0.15) is 0 Å². The summed E-state index contributed by atoms with van der Waals surface area (Å²) in [5, 5.41) is 1.55. The summed E-state index contributed by atoms with van der Waals surface area (Å²) in [6.45, 7) is 2.13. The summed E-state index contributed by atoms with van der Waals surface area (Å²) in [4.78, 5) is 8.45. The van der Waals surface area contributed by atoms with Crippen molar-refractivity contribution in [2.24, 2.45) is 0 Å². The number of nitrogens with zero attached hydrogens (tertiary/aromatic N) is 3. The average Bonchev–Trinajstić information content (AvgIpc) is 2.68. The van der Waals surface area contributed by atoms with E-state index in [1.165, 1.54) is 37.8 Å². The maximum atomic E-state index is 6.12. The van der Waals surface area contributed by atoms with E-state index >= 15 is 0 Å². The van der Waals surface area contributed by atoms with Crippen molar-refractivity contribution < 1.29 is 0 Å². The Kier molecular flexibility index (Phi) is 2.79. The number of rotatable bonds is 1. The SMILES string of the molecule is Cc1cc2c(Cl)ncnc2n1C1CCCCC1. The van der Waals surface area contributed by atoms with Gasteiger partial charge in [-0.25, -0.2) is 9.97 Å². The van der Waals surface area contributed by atoms with Crippen LogP contribution in [-0.2, 0) is 0 Å². The van der Waals surface area contributed by atoms with Crippen LogP contribution >= 0.6 is 11.6 Å². The summed E-state index contributed by atoms with van der Waals surface area (Å²) in [6.07, 6.45) is 8.08. The number of hydrogen-bond donors (Lipinski definition) is 0. The van der Waals surface area contributed by atoms with Gasteiger partial charge >= 0.3 is 0 Å². The van der Waals surface area contributed by atoms with Crippen LogP contribution in [0.4, 0.5) is 0 Å². The molecule has 0 atom stereocenters. The second-order valence-corrected chi connectivity index (χ2v) is 5.21. The van der Waals surface area contributed by atoms with Crippen molar-refractivity contribution in [2.45, 2.75) is 45.1 Å². The van der Waals surface area contributed by atoms with Gasteiger partial charge in [0.1, 0.15) is 17.1 Å². The van der Waals surface area contributed by atoms with Crippen LogP contribution in [0.15, 0.2) is 12.4 Å². The van der Waals surface area contributed by atoms with Crippen molar-refractivity contribution in [3.63, 3.8) is 0 Å². The fourth-order valence-corrected chi connectivity index (χ4v) is 3.11. The quantitative estimate of drug-likeness (QED) is 0.718. The Morgan fingerprint density at radius 1 is 1.24 bits per heavy atom. The Balaban J connectivity index is 2.14. The largest absolute Gasteiger partial charge is 0.327 e. The van der Waals surface area contributed by atoms with Crippen LogP contribution in [0.3, 0.4) is 0 Å². The molecule has 3 rings (SSSR count). The van der Waals surface area contributed by atoms with Crippen molar-refractivity contribution in [3.05, 3.63) is 23.2 Å². The fourth-order valence-electron chi connectivity index (χ4n) is 2.93. The van der Waals surface area contributed by atoms with Gasteiger partial charge in [0, 0.05) is 11.7 Å². The Hall–Kier alpha value is -1.09. The standard InChI is InChI=1S/C13H16ClN3/c1-9-7-11-12(14)15-8-16-13(11)17(9)10-5-3-2-4-6-10/h7-8,10H,2-6H2,1H3. The molecule has 0 spiro atoms. The fraction of sp³-hybridized carbons (Fsp3) is 0.538. The monoisotopic (exact) mass is 249 g/mol. The number of halogens is 1. The van der Waals surface area contributed by atoms with Crippen molar-refractivity contribution in [1.29, 1.82) is 0 Å². The van der Waals surface area contributed by atoms with Gasteiger partial charge in [-0.05, 0) is 25.8 Å². The Labute approximate surface area is 106 Å². The molecule has 0 saturated heterocycles. The lowest BCUT2D eigenvalue weighted by Crippen LogP contribution is -2.14. The van der Waals surface area contributed by atoms with Gasteiger partial charge in [0.2, 0.25) is 0 Å². The third-order valence-corrected chi connectivity index (χ3v) is 4.02. The van der Waals surface area contributed by atoms with E-state index in [4.69, 9.17) is 11.6 Å². The summed E-state index contributed by atoms with van der Waals surface area (Å²) in [5.74, 6) is 0. The van der Waals surface area contributed by atoms with Crippen LogP contribution < -0.4 is 0 Å². The normalized spacial score (nSPS) is 17.8. The highest BCUT2D eigenvalue weighted by Gasteiger charge is 2.20. The van der Waals surface area contributed by atoms with Gasteiger partial charge in [0.05, 0.1) is 5.39 Å². The molecule has 4 heteroatoms. The van der Waals surface area contributed by atoms with Crippen LogP contribution in [0.5, 0.6) is 0 Å². The van der Waals surface area contributed by atoms with Gasteiger partial charge in [0.15, 0.2) is 0 Å². The van der Waals surface area contributed by atoms with Crippen LogP contribution in [0.2, 0.25) is 5.15 Å². The highest BCUT2D eigenvalue weighted by molar-refractivity contribution is 6.33. The first-order chi connectivity index (χ1) is 8.27. The van der Waals surface area contributed by atoms with E-state index < -0.39 is 0 Å². The van der Waals surface area contributed by atoms with E-state index in [-0.39, 0.29) is 0 Å². The second kappa shape index (κ2) is 4.30. The van der Waals surface area contributed by atoms with Crippen LogP contribution in [-0.4, -0.2) is 14.5 Å². The second-order valence-electron chi connectivity index (χ2n) is 4.85. The van der Waals surface area contributed by atoms with Gasteiger partial charge in [-0.15, -0.1) is 0 Å². The molecule has 3 nitrogen and oxygen atoms in total. The molecule has 0 bridgehead atoms. The highest BCUT2D eigenvalue weighted by atomic mass is 35.5. The zero-order chi connectivity index (χ0) is 11.8. The van der Waals surface area contributed by atoms with Crippen molar-refractivity contribution in [3.8, 4) is 0 Å². The van der Waals surface area contributed by atoms with Gasteiger partial charge < -0.3 is 4.57 Å². The van der Waals surface area contributed by atoms with Gasteiger partial charge in [-0.1, -0.05) is 30.9 Å². The molecule has 1 aliphatic carbocycles. The van der Waals surface area contributed by atoms with Crippen molar-refractivity contribution in [1.82, 2.24) is 14.5 Å². The number of aryl methyl sites for hydroxylation is 1. The summed E-state index contributed by atoms with van der Waals surface area (Å²) < 4.78 is 2.35. The average molecular weight is 250 g/mol. The van der Waals surface area contributed by atoms with E-state index in [0.717, 1.165) is 11.0 Å². The number of hydrogen-bond acceptors (Lipinski definition) is 2. The third kappa shape index (κ3) is 1.82. The lowest BCUT2D eigenvalue weighted by Gasteiger charge is -2.25. The molecule has 0 amide bonds. The van der Waals surface area contributed by atoms with Gasteiger partial charge in [0.25, 0.3) is 0 Å². The maximum absolute atomic E-state index is 6.12. The first-order valence-electron chi connectivity index (χ1n) is 6.25. The van der Waals surface area contributed by atoms with E-state index in [1.54, 1.807) is 6.33 Å². The minimum atomic E-state index is 0.563. The van der Waals surface area contributed by atoms with E-state index in [0.29, 0.717) is 11.2 Å². The van der Waals surface area contributed by atoms with Crippen LogP contribution in [0.1, 0.15) is 43.8 Å². The molecule has 1 fully saturated rings. The summed E-state index contributed by atoms with van der Waals surface area (Å²) >= 11 is 6.12. The molecule has 2 heterocycles. The highest BCUT2D eigenvalue weighted by Crippen LogP contribution is 2.33. The molecule has 0 unspecified atom stereocenters. The minimum Gasteiger partial charge on any atom is -0.327 e. The zero-order valence-corrected chi connectivity index (χ0v) is 10.7. The third-order valence-electron chi connectivity index (χ3n) is 3.72. The predicted octanol–water partition coefficient (Wildman–Crippen LogP) is 3.90. The molecule has 90 valence electrons. The summed E-state index contributed by atoms with van der Waals surface area (Å²) in [5.41, 5.74) is 2.24. The Morgan fingerprint density at radius 3 is 2.76 bits per heavy atom. The predicted molar refractivity (Wildman–Crippen MR) is 69.4 cm³/mol. The molecule has 0 N–H and O–H groups in total. The van der Waals surface area contributed by atoms with Gasteiger partial charge in [-0.3, -0.25) is 0 Å². The van der Waals surface area contributed by atoms with Crippen LogP contribution in [0.25, 0.3) is 11.0 Å². The first kappa shape index (κ1) is 11.0. The van der Waals surface area contributed by atoms with Crippen molar-refractivity contribution in [2.75, 3.05) is 0 Å². The minimum absolute atomic E-state index is 0.563. The maximum Gasteiger partial charge on any atom is 0.145 e. The Morgan fingerprint density at radius 2 is 2.00 bits per heavy atom. The molecule has 0 aliphatic heterocycles. The topological polar surface area (TPSA) is 30.7 Å². The van der Waals surface area contributed by atoms with Crippen LogP contribution in [0, 0.1) is 6.92 Å². The molecule has 0 radical (unpaired) electrons. The molecular weight excluding hydrogens is 234 g/mol. The lowest BCUT2D eigenvalue weighted by atomic mass is 9.95.